The van der Waals surface area contributed by atoms with Crippen molar-refractivity contribution >= 4 is 40.5 Å². The number of halogens is 3. The van der Waals surface area contributed by atoms with Gasteiger partial charge in [0.05, 0.1) is 20.8 Å². The molecule has 1 heterocycles. The van der Waals surface area contributed by atoms with Gasteiger partial charge < -0.3 is 10.3 Å². The average Bonchev–Trinajstić information content (AvgIpc) is 2.94. The molecule has 0 spiro atoms. The van der Waals surface area contributed by atoms with Gasteiger partial charge in [-0.2, -0.15) is 4.98 Å². The molecule has 2 N–H and O–H groups in total. The number of anilines is 1. The normalized spacial score (nSPS) is 10.8. The Hall–Kier alpha value is -1.75. The third kappa shape index (κ3) is 2.83. The summed E-state index contributed by atoms with van der Waals surface area (Å²) in [4.78, 5) is 4.31. The van der Waals surface area contributed by atoms with Crippen LogP contribution in [0.25, 0.3) is 22.8 Å². The Morgan fingerprint density at radius 3 is 2.29 bits per heavy atom. The van der Waals surface area contributed by atoms with Crippen LogP contribution in [0, 0.1) is 0 Å². The minimum atomic E-state index is 0.347. The second kappa shape index (κ2) is 5.56. The van der Waals surface area contributed by atoms with Gasteiger partial charge in [-0.05, 0) is 36.4 Å². The second-order valence-electron chi connectivity index (χ2n) is 4.29. The standard InChI is InChI=1S/C14H8Cl3N3O/c15-9-3-1-7(5-11(9)17)13-19-14(21-20-13)8-2-4-10(16)12(18)6-8/h1-6H,18H2. The van der Waals surface area contributed by atoms with E-state index in [-0.39, 0.29) is 0 Å². The number of hydrogen-bond acceptors (Lipinski definition) is 4. The fourth-order valence-electron chi connectivity index (χ4n) is 1.77. The van der Waals surface area contributed by atoms with Crippen molar-refractivity contribution in [1.29, 1.82) is 0 Å². The lowest BCUT2D eigenvalue weighted by Crippen LogP contribution is -1.87. The first-order valence-corrected chi connectivity index (χ1v) is 7.02. The molecule has 3 rings (SSSR count). The van der Waals surface area contributed by atoms with Crippen LogP contribution in [0.1, 0.15) is 0 Å². The number of hydrogen-bond donors (Lipinski definition) is 1. The molecular weight excluding hydrogens is 333 g/mol. The molecule has 4 nitrogen and oxygen atoms in total. The highest BCUT2D eigenvalue weighted by Crippen LogP contribution is 2.30. The molecule has 0 aliphatic carbocycles. The Labute approximate surface area is 135 Å². The maximum absolute atomic E-state index is 5.98. The first-order valence-electron chi connectivity index (χ1n) is 5.89. The van der Waals surface area contributed by atoms with E-state index >= 15 is 0 Å². The molecule has 0 atom stereocenters. The van der Waals surface area contributed by atoms with E-state index in [4.69, 9.17) is 45.1 Å². The summed E-state index contributed by atoms with van der Waals surface area (Å²) in [5.74, 6) is 0.761. The molecule has 0 saturated carbocycles. The van der Waals surface area contributed by atoms with Gasteiger partial charge in [0.25, 0.3) is 5.89 Å². The molecular formula is C14H8Cl3N3O. The van der Waals surface area contributed by atoms with Crippen molar-refractivity contribution in [2.45, 2.75) is 0 Å². The summed E-state index contributed by atoms with van der Waals surface area (Å²) in [5.41, 5.74) is 7.61. The van der Waals surface area contributed by atoms with Crippen LogP contribution < -0.4 is 5.73 Å². The fourth-order valence-corrected chi connectivity index (χ4v) is 2.19. The molecule has 0 saturated heterocycles. The van der Waals surface area contributed by atoms with Crippen LogP contribution in [0.5, 0.6) is 0 Å². The predicted octanol–water partition coefficient (Wildman–Crippen LogP) is 4.95. The van der Waals surface area contributed by atoms with Crippen molar-refractivity contribution in [3.8, 4) is 22.8 Å². The van der Waals surface area contributed by atoms with E-state index in [0.717, 1.165) is 0 Å². The van der Waals surface area contributed by atoms with Crippen molar-refractivity contribution in [1.82, 2.24) is 10.1 Å². The third-order valence-electron chi connectivity index (χ3n) is 2.85. The lowest BCUT2D eigenvalue weighted by molar-refractivity contribution is 0.432. The Balaban J connectivity index is 1.99. The molecule has 0 bridgehead atoms. The summed E-state index contributed by atoms with van der Waals surface area (Å²) in [5, 5.41) is 5.29. The van der Waals surface area contributed by atoms with Crippen LogP contribution in [0.4, 0.5) is 5.69 Å². The summed E-state index contributed by atoms with van der Waals surface area (Å²) in [7, 11) is 0. The Kier molecular flexibility index (Phi) is 3.76. The Bertz CT molecular complexity index is 751. The molecule has 2 aromatic carbocycles. The molecule has 0 aliphatic heterocycles. The van der Waals surface area contributed by atoms with Crippen LogP contribution in [0.3, 0.4) is 0 Å². The number of benzene rings is 2. The van der Waals surface area contributed by atoms with Crippen molar-refractivity contribution in [2.24, 2.45) is 0 Å². The molecule has 21 heavy (non-hydrogen) atoms. The number of aromatic nitrogens is 2. The minimum absolute atomic E-state index is 0.347. The maximum Gasteiger partial charge on any atom is 0.258 e. The van der Waals surface area contributed by atoms with Crippen molar-refractivity contribution < 1.29 is 4.52 Å². The zero-order chi connectivity index (χ0) is 15.0. The summed E-state index contributed by atoms with van der Waals surface area (Å²) in [6, 6.07) is 10.2. The van der Waals surface area contributed by atoms with Gasteiger partial charge in [-0.25, -0.2) is 0 Å². The summed E-state index contributed by atoms with van der Waals surface area (Å²) in [6.45, 7) is 0. The second-order valence-corrected chi connectivity index (χ2v) is 5.51. The van der Waals surface area contributed by atoms with Gasteiger partial charge in [0.15, 0.2) is 0 Å². The van der Waals surface area contributed by atoms with Gasteiger partial charge in [-0.15, -0.1) is 0 Å². The van der Waals surface area contributed by atoms with Crippen LogP contribution >= 0.6 is 34.8 Å². The van der Waals surface area contributed by atoms with E-state index in [1.165, 1.54) is 0 Å². The van der Waals surface area contributed by atoms with Crippen molar-refractivity contribution in [2.75, 3.05) is 5.73 Å². The van der Waals surface area contributed by atoms with Crippen LogP contribution in [0.2, 0.25) is 15.1 Å². The molecule has 3 aromatic rings. The van der Waals surface area contributed by atoms with E-state index < -0.39 is 0 Å². The van der Waals surface area contributed by atoms with Crippen LogP contribution in [0.15, 0.2) is 40.9 Å². The largest absolute Gasteiger partial charge is 0.398 e. The van der Waals surface area contributed by atoms with Crippen molar-refractivity contribution in [3.05, 3.63) is 51.5 Å². The van der Waals surface area contributed by atoms with Gasteiger partial charge in [0, 0.05) is 11.1 Å². The Morgan fingerprint density at radius 2 is 1.57 bits per heavy atom. The number of nitrogens with zero attached hydrogens (tertiary/aromatic N) is 2. The molecule has 0 radical (unpaired) electrons. The van der Waals surface area contributed by atoms with Crippen molar-refractivity contribution in [3.63, 3.8) is 0 Å². The minimum Gasteiger partial charge on any atom is -0.398 e. The molecule has 0 amide bonds. The molecule has 0 fully saturated rings. The van der Waals surface area contributed by atoms with E-state index in [1.54, 1.807) is 36.4 Å². The number of nitrogen functional groups attached to an aromatic ring is 1. The lowest BCUT2D eigenvalue weighted by atomic mass is 10.2. The summed E-state index contributed by atoms with van der Waals surface area (Å²) >= 11 is 17.7. The zero-order valence-corrected chi connectivity index (χ0v) is 12.7. The summed E-state index contributed by atoms with van der Waals surface area (Å²) < 4.78 is 5.23. The monoisotopic (exact) mass is 339 g/mol. The molecule has 0 aliphatic rings. The third-order valence-corrected chi connectivity index (χ3v) is 3.93. The quantitative estimate of drug-likeness (QED) is 0.671. The zero-order valence-electron chi connectivity index (χ0n) is 10.5. The number of nitrogens with two attached hydrogens (primary N) is 1. The van der Waals surface area contributed by atoms with Gasteiger partial charge in [-0.1, -0.05) is 40.0 Å². The highest BCUT2D eigenvalue weighted by atomic mass is 35.5. The van der Waals surface area contributed by atoms with Gasteiger partial charge in [-0.3, -0.25) is 0 Å². The van der Waals surface area contributed by atoms with Gasteiger partial charge in [0.2, 0.25) is 5.82 Å². The number of rotatable bonds is 2. The molecule has 106 valence electrons. The first kappa shape index (κ1) is 14.2. The Morgan fingerprint density at radius 1 is 0.857 bits per heavy atom. The predicted molar refractivity (Wildman–Crippen MR) is 84.6 cm³/mol. The van der Waals surface area contributed by atoms with E-state index in [1.807, 2.05) is 0 Å². The smallest absolute Gasteiger partial charge is 0.258 e. The average molecular weight is 341 g/mol. The molecule has 0 unspecified atom stereocenters. The van der Waals surface area contributed by atoms with Gasteiger partial charge in [0.1, 0.15) is 0 Å². The highest BCUT2D eigenvalue weighted by molar-refractivity contribution is 6.42. The van der Waals surface area contributed by atoms with E-state index in [0.29, 0.717) is 43.6 Å². The van der Waals surface area contributed by atoms with Gasteiger partial charge >= 0.3 is 0 Å². The van der Waals surface area contributed by atoms with E-state index in [9.17, 15) is 0 Å². The lowest BCUT2D eigenvalue weighted by Gasteiger charge is -1.99. The summed E-state index contributed by atoms with van der Waals surface area (Å²) in [6.07, 6.45) is 0. The van der Waals surface area contributed by atoms with Crippen LogP contribution in [-0.2, 0) is 0 Å². The maximum atomic E-state index is 5.98. The fraction of sp³-hybridized carbons (Fsp3) is 0. The first-order chi connectivity index (χ1) is 10.0. The van der Waals surface area contributed by atoms with E-state index in [2.05, 4.69) is 10.1 Å². The highest BCUT2D eigenvalue weighted by Gasteiger charge is 2.12. The van der Waals surface area contributed by atoms with Crippen LogP contribution in [-0.4, -0.2) is 10.1 Å². The molecule has 7 heteroatoms. The topological polar surface area (TPSA) is 64.9 Å². The molecule has 1 aromatic heterocycles. The SMILES string of the molecule is Nc1cc(-c2nc(-c3ccc(Cl)c(Cl)c3)no2)ccc1Cl.